The molecule has 692 valence electrons. The van der Waals surface area contributed by atoms with E-state index in [1.54, 1.807) is 73.8 Å². The molecule has 0 saturated carbocycles. The van der Waals surface area contributed by atoms with Crippen LogP contribution in [0.25, 0.3) is 42.8 Å². The van der Waals surface area contributed by atoms with Gasteiger partial charge in [-0.25, -0.2) is 39.9 Å². The minimum Gasteiger partial charge on any atom is -0.495 e. The molecule has 8 N–H and O–H groups in total. The van der Waals surface area contributed by atoms with Gasteiger partial charge in [-0.05, 0) is 217 Å². The summed E-state index contributed by atoms with van der Waals surface area (Å²) in [5.74, 6) is 8.23. The Bertz CT molecular complexity index is 6680. The number of para-hydroxylation sites is 8. The lowest BCUT2D eigenvalue weighted by Gasteiger charge is -2.15. The summed E-state index contributed by atoms with van der Waals surface area (Å²) < 4.78 is 21.2. The van der Waals surface area contributed by atoms with Crippen molar-refractivity contribution < 1.29 is 38.1 Å². The van der Waals surface area contributed by atoms with E-state index >= 15 is 0 Å². The van der Waals surface area contributed by atoms with Crippen LogP contribution < -0.4 is 61.5 Å². The highest BCUT2D eigenvalue weighted by molar-refractivity contribution is 7.14. The van der Waals surface area contributed by atoms with E-state index in [-0.39, 0.29) is 49.3 Å². The van der Waals surface area contributed by atoms with E-state index in [1.807, 2.05) is 290 Å². The van der Waals surface area contributed by atoms with Gasteiger partial charge in [-0.3, -0.25) is 19.2 Å². The summed E-state index contributed by atoms with van der Waals surface area (Å²) in [7, 11) is 6.34. The maximum atomic E-state index is 12.6. The van der Waals surface area contributed by atoms with Crippen molar-refractivity contribution in [2.24, 2.45) is 0 Å². The third-order valence-electron chi connectivity index (χ3n) is 21.5. The number of ether oxygens (including phenoxy) is 4. The third kappa shape index (κ3) is 27.0. The van der Waals surface area contributed by atoms with Crippen molar-refractivity contribution >= 4 is 138 Å². The summed E-state index contributed by atoms with van der Waals surface area (Å²) in [5, 5.41) is 33.5. The van der Waals surface area contributed by atoms with Crippen molar-refractivity contribution in [3.63, 3.8) is 0 Å². The minimum absolute atomic E-state index is 0.0949. The number of nitrogens with one attached hydrogen (secondary N) is 8. The molecule has 28 heteroatoms. The largest absolute Gasteiger partial charge is 0.495 e. The number of methoxy groups -OCH3 is 4. The zero-order valence-corrected chi connectivity index (χ0v) is 80.8. The van der Waals surface area contributed by atoms with E-state index in [0.717, 1.165) is 176 Å². The molecular weight excluding hydrogens is 1780 g/mol. The number of rotatable bonds is 36. The zero-order valence-electron chi connectivity index (χ0n) is 77.5. The van der Waals surface area contributed by atoms with Gasteiger partial charge in [-0.15, -0.1) is 58.5 Å². The van der Waals surface area contributed by atoms with Gasteiger partial charge in [0, 0.05) is 67.8 Å². The summed E-state index contributed by atoms with van der Waals surface area (Å²) in [5.41, 5.74) is 18.1. The molecule has 4 amide bonds. The van der Waals surface area contributed by atoms with Crippen LogP contribution in [-0.2, 0) is 83.4 Å². The first-order valence-electron chi connectivity index (χ1n) is 44.4. The smallest absolute Gasteiger partial charge is 0.228 e. The summed E-state index contributed by atoms with van der Waals surface area (Å²) >= 11 is 6.49. The monoisotopic (exact) mass is 1880 g/mol. The predicted octanol–water partition coefficient (Wildman–Crippen LogP) is 24.9. The molecule has 0 saturated heterocycles. The zero-order chi connectivity index (χ0) is 95.7. The van der Waals surface area contributed by atoms with Crippen LogP contribution >= 0.6 is 45.3 Å². The van der Waals surface area contributed by atoms with Gasteiger partial charge in [-0.2, -0.15) is 0 Å². The number of aryl methyl sites for hydroxylation is 4. The van der Waals surface area contributed by atoms with Crippen LogP contribution in [0.4, 0.5) is 68.8 Å². The molecule has 16 aromatic rings. The fourth-order valence-electron chi connectivity index (χ4n) is 14.7. The number of carbonyl (C=O) groups is 4. The number of carbonyl (C=O) groups excluding carboxylic acids is 4. The van der Waals surface area contributed by atoms with Crippen molar-refractivity contribution in [3.05, 3.63) is 357 Å². The molecule has 8 aromatic heterocycles. The maximum absolute atomic E-state index is 12.6. The standard InChI is InChI=1S/C28H28N4O2S.C27H26N4O2S.C27H28N4O2S.C26H26N4O2S/c1-4-9-21-22(5-2)31-28(25-12-8-17-35-25)32-27(21)29-20-15-13-19(14-16-20)18-26(33)30-23-10-6-7-11-24(23)34-3;1-4-8-21-18(2)28-27(24-11-7-16-34-24)31-26(21)29-20-14-12-19(13-15-20)17-25(32)30-22-9-5-6-10-23(22)33-3;1-4-20-21(5-2)30-27(24-11-8-16-34-24)31-26(20)28-19-14-12-18(13-15-19)17-25(32)29-22-9-6-7-10-23(22)33-3;1-4-20-17(2)27-26(23-10-7-15-33-23)30-25(20)28-19-13-11-18(12-14-19)16-24(31)29-21-8-5-6-9-22(21)32-3/h4,6-8,10-17H,1,5,9,18H2,2-3H3,(H,30,33)(H,29,31,32);4-7,9-16H,1,8,17H2,2-3H3,(H,30,32)(H,28,29,31);6-16H,4-5,17H2,1-3H3,(H,29,32)(H,28,30,31);5-15H,4,16H2,1-3H3,(H,29,31)(H,27,28,30). The van der Waals surface area contributed by atoms with Crippen LogP contribution in [-0.4, -0.2) is 91.9 Å². The number of hydrogen-bond donors (Lipinski definition) is 8. The Morgan fingerprint density at radius 3 is 0.809 bits per heavy atom. The summed E-state index contributed by atoms with van der Waals surface area (Å²) in [6.45, 7) is 20.2. The molecule has 8 heterocycles. The Morgan fingerprint density at radius 1 is 0.294 bits per heavy atom. The fraction of sp³-hybridized carbons (Fsp3) is 0.185. The first-order chi connectivity index (χ1) is 66.3. The summed E-state index contributed by atoms with van der Waals surface area (Å²) in [4.78, 5) is 92.5. The molecule has 8 aromatic carbocycles. The van der Waals surface area contributed by atoms with E-state index < -0.39 is 0 Å². The van der Waals surface area contributed by atoms with Crippen molar-refractivity contribution in [3.8, 4) is 65.8 Å². The fourth-order valence-corrected chi connectivity index (χ4v) is 17.4. The number of thiophene rings is 4. The molecule has 0 spiro atoms. The van der Waals surface area contributed by atoms with Gasteiger partial charge in [0.1, 0.15) is 46.3 Å². The van der Waals surface area contributed by atoms with Crippen LogP contribution in [0.5, 0.6) is 23.0 Å². The minimum atomic E-state index is -0.106. The Labute approximate surface area is 809 Å². The topological polar surface area (TPSA) is 305 Å². The van der Waals surface area contributed by atoms with E-state index in [0.29, 0.717) is 64.4 Å². The van der Waals surface area contributed by atoms with Crippen LogP contribution in [0.2, 0.25) is 0 Å². The van der Waals surface area contributed by atoms with E-state index in [9.17, 15) is 19.2 Å². The average molecular weight is 1890 g/mol. The van der Waals surface area contributed by atoms with Crippen molar-refractivity contribution in [1.29, 1.82) is 0 Å². The van der Waals surface area contributed by atoms with Gasteiger partial charge in [0.15, 0.2) is 23.3 Å². The molecule has 0 atom stereocenters. The molecule has 136 heavy (non-hydrogen) atoms. The first kappa shape index (κ1) is 98.2. The van der Waals surface area contributed by atoms with Crippen molar-refractivity contribution in [2.75, 3.05) is 71.0 Å². The van der Waals surface area contributed by atoms with Crippen LogP contribution in [0.1, 0.15) is 95.0 Å². The number of hydrogen-bond acceptors (Lipinski definition) is 24. The van der Waals surface area contributed by atoms with Gasteiger partial charge in [0.05, 0.1) is 96.4 Å². The number of aromatic nitrogens is 8. The van der Waals surface area contributed by atoms with Gasteiger partial charge >= 0.3 is 0 Å². The van der Waals surface area contributed by atoms with Crippen LogP contribution in [0.15, 0.2) is 289 Å². The van der Waals surface area contributed by atoms with Gasteiger partial charge in [-0.1, -0.05) is 161 Å². The molecule has 0 radical (unpaired) electrons. The number of anilines is 12. The number of nitrogens with zero attached hydrogens (tertiary/aromatic N) is 8. The first-order valence-corrected chi connectivity index (χ1v) is 47.9. The highest BCUT2D eigenvalue weighted by Gasteiger charge is 2.22. The number of benzene rings is 8. The second-order valence-electron chi connectivity index (χ2n) is 30.9. The summed E-state index contributed by atoms with van der Waals surface area (Å²) in [6.07, 6.45) is 9.46. The van der Waals surface area contributed by atoms with Crippen LogP contribution in [0.3, 0.4) is 0 Å². The number of amides is 4. The number of allylic oxidation sites excluding steroid dienone is 2. The van der Waals surface area contributed by atoms with Crippen molar-refractivity contribution in [1.82, 2.24) is 39.9 Å². The van der Waals surface area contributed by atoms with Crippen LogP contribution in [0, 0.1) is 13.8 Å². The molecule has 0 fully saturated rings. The Balaban J connectivity index is 0.000000153. The van der Waals surface area contributed by atoms with E-state index in [1.165, 1.54) is 0 Å². The molecule has 0 unspecified atom stereocenters. The Kier molecular flexibility index (Phi) is 35.6. The molecule has 0 aliphatic carbocycles. The molecule has 24 nitrogen and oxygen atoms in total. The molecule has 16 rings (SSSR count). The Morgan fingerprint density at radius 2 is 0.544 bits per heavy atom. The Hall–Kier alpha value is -15.4. The molecule has 0 bridgehead atoms. The second kappa shape index (κ2) is 49.4. The van der Waals surface area contributed by atoms with Crippen molar-refractivity contribution in [2.45, 2.75) is 106 Å². The average Bonchev–Trinajstić information content (AvgIpc) is 1.49. The summed E-state index contributed by atoms with van der Waals surface area (Å²) in [6, 6.07) is 76.9. The molecule has 0 aliphatic heterocycles. The molecular formula is C108H108N16O8S4. The van der Waals surface area contributed by atoms with E-state index in [4.69, 9.17) is 48.9 Å². The lowest BCUT2D eigenvalue weighted by molar-refractivity contribution is -0.116. The lowest BCUT2D eigenvalue weighted by Crippen LogP contribution is -2.15. The molecule has 0 aliphatic rings. The third-order valence-corrected chi connectivity index (χ3v) is 25.0. The maximum Gasteiger partial charge on any atom is 0.228 e. The highest BCUT2D eigenvalue weighted by Crippen LogP contribution is 2.36. The SMILES string of the molecule is C=CCc1c(C)nc(-c2cccs2)nc1Nc1ccc(CC(=O)Nc2ccccc2OC)cc1.C=CCc1c(CC)nc(-c2cccs2)nc1Nc1ccc(CC(=O)Nc2ccccc2OC)cc1.CCc1c(C)nc(-c2cccs2)nc1Nc1ccc(CC(=O)Nc2ccccc2OC)cc1.CCc1nc(-c2cccs2)nc(Nc2ccc(CC(=O)Nc3ccccc3OC)cc2)c1CC. The lowest BCUT2D eigenvalue weighted by atomic mass is 10.1. The predicted molar refractivity (Wildman–Crippen MR) is 556 cm³/mol. The quantitative estimate of drug-likeness (QED) is 0.0169. The van der Waals surface area contributed by atoms with Gasteiger partial charge < -0.3 is 61.5 Å². The highest BCUT2D eigenvalue weighted by atomic mass is 32.1. The van der Waals surface area contributed by atoms with Gasteiger partial charge in [0.25, 0.3) is 0 Å². The van der Waals surface area contributed by atoms with Gasteiger partial charge in [0.2, 0.25) is 23.6 Å². The second-order valence-corrected chi connectivity index (χ2v) is 34.7. The normalized spacial score (nSPS) is 10.6. The van der Waals surface area contributed by atoms with E-state index in [2.05, 4.69) is 93.4 Å².